The Morgan fingerprint density at radius 2 is 2.14 bits per heavy atom. The van der Waals surface area contributed by atoms with Gasteiger partial charge in [-0.3, -0.25) is 4.79 Å². The molecule has 4 rings (SSSR count). The summed E-state index contributed by atoms with van der Waals surface area (Å²) in [5, 5.41) is 0. The molecular weight excluding hydrogens is 282 g/mol. The van der Waals surface area contributed by atoms with Crippen molar-refractivity contribution < 1.29 is 19.0 Å². The van der Waals surface area contributed by atoms with E-state index in [9.17, 15) is 4.79 Å². The fourth-order valence-electron chi connectivity index (χ4n) is 3.35. The number of hydrogen-bond donors (Lipinski definition) is 0. The van der Waals surface area contributed by atoms with Crippen LogP contribution in [0.15, 0.2) is 18.2 Å². The lowest BCUT2D eigenvalue weighted by atomic mass is 10.1. The zero-order valence-corrected chi connectivity index (χ0v) is 12.2. The normalized spacial score (nSPS) is 25.4. The van der Waals surface area contributed by atoms with Crippen LogP contribution in [0.1, 0.15) is 24.8 Å². The number of carbonyl (C=O) groups is 1. The maximum atomic E-state index is 12.4. The van der Waals surface area contributed by atoms with Crippen LogP contribution in [0.5, 0.6) is 11.5 Å². The van der Waals surface area contributed by atoms with Crippen LogP contribution >= 0.6 is 0 Å². The first-order chi connectivity index (χ1) is 10.8. The number of rotatable bonds is 0. The van der Waals surface area contributed by atoms with Gasteiger partial charge in [0.05, 0.1) is 18.8 Å². The van der Waals surface area contributed by atoms with Crippen molar-refractivity contribution in [3.05, 3.63) is 23.8 Å². The smallest absolute Gasteiger partial charge is 0.299 e. The lowest BCUT2D eigenvalue weighted by Crippen LogP contribution is -2.50. The molecular formula is C17H17NO4. The zero-order valence-electron chi connectivity index (χ0n) is 12.2. The van der Waals surface area contributed by atoms with E-state index in [4.69, 9.17) is 14.2 Å². The van der Waals surface area contributed by atoms with Crippen molar-refractivity contribution in [3.63, 3.8) is 0 Å². The summed E-state index contributed by atoms with van der Waals surface area (Å²) in [6, 6.07) is 5.66. The van der Waals surface area contributed by atoms with Gasteiger partial charge in [-0.25, -0.2) is 0 Å². The predicted octanol–water partition coefficient (Wildman–Crippen LogP) is 1.55. The summed E-state index contributed by atoms with van der Waals surface area (Å²) in [5.41, 5.74) is 0.758. The highest BCUT2D eigenvalue weighted by molar-refractivity contribution is 5.94. The molecule has 2 aliphatic heterocycles. The van der Waals surface area contributed by atoms with E-state index in [-0.39, 0.29) is 24.8 Å². The largest absolute Gasteiger partial charge is 0.454 e. The minimum atomic E-state index is -0.113. The van der Waals surface area contributed by atoms with Gasteiger partial charge in [0, 0.05) is 18.0 Å². The van der Waals surface area contributed by atoms with E-state index >= 15 is 0 Å². The second-order valence-corrected chi connectivity index (χ2v) is 5.72. The fourth-order valence-corrected chi connectivity index (χ4v) is 3.35. The van der Waals surface area contributed by atoms with Gasteiger partial charge < -0.3 is 19.1 Å². The molecule has 22 heavy (non-hydrogen) atoms. The SMILES string of the molecule is O=C(C#Cc1ccc2c(c1)OCO2)N1CCO[C@H]2CCC[C@H]21. The Hall–Kier alpha value is -2.19. The number of benzene rings is 1. The molecule has 1 aromatic carbocycles. The molecule has 0 spiro atoms. The number of amides is 1. The Kier molecular flexibility index (Phi) is 3.39. The highest BCUT2D eigenvalue weighted by atomic mass is 16.7. The van der Waals surface area contributed by atoms with Crippen molar-refractivity contribution in [2.24, 2.45) is 0 Å². The molecule has 0 bridgehead atoms. The zero-order chi connectivity index (χ0) is 14.9. The van der Waals surface area contributed by atoms with Crippen LogP contribution in [0, 0.1) is 11.8 Å². The van der Waals surface area contributed by atoms with Gasteiger partial charge in [-0.05, 0) is 37.5 Å². The van der Waals surface area contributed by atoms with E-state index in [2.05, 4.69) is 11.8 Å². The average molecular weight is 299 g/mol. The molecule has 5 nitrogen and oxygen atoms in total. The molecule has 0 unspecified atom stereocenters. The summed E-state index contributed by atoms with van der Waals surface area (Å²) in [7, 11) is 0. The summed E-state index contributed by atoms with van der Waals surface area (Å²) in [5.74, 6) is 6.98. The highest BCUT2D eigenvalue weighted by Crippen LogP contribution is 2.32. The van der Waals surface area contributed by atoms with Gasteiger partial charge in [-0.1, -0.05) is 5.92 Å². The maximum absolute atomic E-state index is 12.4. The Bertz CT molecular complexity index is 660. The number of carbonyl (C=O) groups excluding carboxylic acids is 1. The molecule has 1 aromatic rings. The van der Waals surface area contributed by atoms with Crippen molar-refractivity contribution in [2.45, 2.75) is 31.4 Å². The topological polar surface area (TPSA) is 48.0 Å². The molecule has 1 saturated heterocycles. The van der Waals surface area contributed by atoms with Crippen LogP contribution in [0.25, 0.3) is 0 Å². The minimum absolute atomic E-state index is 0.113. The third-order valence-corrected chi connectivity index (χ3v) is 4.43. The van der Waals surface area contributed by atoms with Crippen LogP contribution in [-0.4, -0.2) is 42.9 Å². The van der Waals surface area contributed by atoms with Gasteiger partial charge in [-0.15, -0.1) is 0 Å². The number of nitrogens with zero attached hydrogens (tertiary/aromatic N) is 1. The van der Waals surface area contributed by atoms with Gasteiger partial charge in [0.15, 0.2) is 11.5 Å². The standard InChI is InChI=1S/C17H17NO4/c19-17(18-8-9-20-14-3-1-2-13(14)18)7-5-12-4-6-15-16(10-12)22-11-21-15/h4,6,10,13-14H,1-3,8-9,11H2/t13-,14+/m1/s1. The molecule has 2 heterocycles. The molecule has 114 valence electrons. The van der Waals surface area contributed by atoms with Gasteiger partial charge in [-0.2, -0.15) is 0 Å². The molecule has 3 aliphatic rings. The van der Waals surface area contributed by atoms with Crippen LogP contribution in [0.2, 0.25) is 0 Å². The molecule has 2 atom stereocenters. The van der Waals surface area contributed by atoms with Crippen LogP contribution in [0.3, 0.4) is 0 Å². The summed E-state index contributed by atoms with van der Waals surface area (Å²) in [6.45, 7) is 1.48. The molecule has 0 aromatic heterocycles. The van der Waals surface area contributed by atoms with Crippen LogP contribution in [0.4, 0.5) is 0 Å². The summed E-state index contributed by atoms with van der Waals surface area (Å²) in [4.78, 5) is 14.3. The average Bonchev–Trinajstić information content (AvgIpc) is 3.20. The number of morpholine rings is 1. The lowest BCUT2D eigenvalue weighted by Gasteiger charge is -2.36. The quantitative estimate of drug-likeness (QED) is 0.682. The van der Waals surface area contributed by atoms with E-state index in [1.807, 2.05) is 17.0 Å². The highest BCUT2D eigenvalue weighted by Gasteiger charge is 2.37. The summed E-state index contributed by atoms with van der Waals surface area (Å²) >= 11 is 0. The summed E-state index contributed by atoms with van der Waals surface area (Å²) < 4.78 is 16.3. The monoisotopic (exact) mass is 299 g/mol. The van der Waals surface area contributed by atoms with Gasteiger partial charge in [0.1, 0.15) is 0 Å². The van der Waals surface area contributed by atoms with Gasteiger partial charge in [0.2, 0.25) is 6.79 Å². The Labute approximate surface area is 129 Å². The van der Waals surface area contributed by atoms with E-state index in [0.29, 0.717) is 18.9 Å². The van der Waals surface area contributed by atoms with Crippen LogP contribution in [-0.2, 0) is 9.53 Å². The first-order valence-corrected chi connectivity index (χ1v) is 7.65. The van der Waals surface area contributed by atoms with E-state index < -0.39 is 0 Å². The minimum Gasteiger partial charge on any atom is -0.454 e. The molecule has 1 aliphatic carbocycles. The molecule has 0 radical (unpaired) electrons. The molecule has 1 saturated carbocycles. The third-order valence-electron chi connectivity index (χ3n) is 4.43. The summed E-state index contributed by atoms with van der Waals surface area (Å²) in [6.07, 6.45) is 3.38. The fraction of sp³-hybridized carbons (Fsp3) is 0.471. The van der Waals surface area contributed by atoms with Gasteiger partial charge >= 0.3 is 0 Å². The van der Waals surface area contributed by atoms with Crippen molar-refractivity contribution in [1.82, 2.24) is 4.90 Å². The Balaban J connectivity index is 1.50. The molecule has 1 amide bonds. The van der Waals surface area contributed by atoms with Crippen molar-refractivity contribution in [2.75, 3.05) is 19.9 Å². The van der Waals surface area contributed by atoms with E-state index in [1.165, 1.54) is 0 Å². The van der Waals surface area contributed by atoms with Gasteiger partial charge in [0.25, 0.3) is 5.91 Å². The number of ether oxygens (including phenoxy) is 3. The van der Waals surface area contributed by atoms with E-state index in [0.717, 1.165) is 30.6 Å². The third kappa shape index (κ3) is 2.40. The van der Waals surface area contributed by atoms with E-state index in [1.54, 1.807) is 6.07 Å². The van der Waals surface area contributed by atoms with Crippen molar-refractivity contribution in [1.29, 1.82) is 0 Å². The molecule has 2 fully saturated rings. The van der Waals surface area contributed by atoms with Crippen molar-refractivity contribution in [3.8, 4) is 23.3 Å². The number of fused-ring (bicyclic) bond motifs is 2. The first kappa shape index (κ1) is 13.5. The Morgan fingerprint density at radius 1 is 1.23 bits per heavy atom. The Morgan fingerprint density at radius 3 is 3.09 bits per heavy atom. The molecule has 5 heteroatoms. The second kappa shape index (κ2) is 5.54. The lowest BCUT2D eigenvalue weighted by molar-refractivity contribution is -0.137. The van der Waals surface area contributed by atoms with Crippen molar-refractivity contribution >= 4 is 5.91 Å². The predicted molar refractivity (Wildman–Crippen MR) is 78.5 cm³/mol. The maximum Gasteiger partial charge on any atom is 0.299 e. The van der Waals surface area contributed by atoms with Crippen LogP contribution < -0.4 is 9.47 Å². The second-order valence-electron chi connectivity index (χ2n) is 5.72. The number of hydrogen-bond acceptors (Lipinski definition) is 4. The first-order valence-electron chi connectivity index (χ1n) is 7.65. The molecule has 0 N–H and O–H groups in total.